The number of amides is 1. The third kappa shape index (κ3) is 4.05. The van der Waals surface area contributed by atoms with E-state index in [1.54, 1.807) is 18.2 Å². The molecule has 0 radical (unpaired) electrons. The van der Waals surface area contributed by atoms with Gasteiger partial charge < -0.3 is 10.5 Å². The fourth-order valence-electron chi connectivity index (χ4n) is 2.26. The van der Waals surface area contributed by atoms with Gasteiger partial charge in [-0.25, -0.2) is 4.39 Å². The van der Waals surface area contributed by atoms with Gasteiger partial charge in [-0.2, -0.15) is 0 Å². The molecule has 0 bridgehead atoms. The van der Waals surface area contributed by atoms with Crippen LogP contribution in [0.25, 0.3) is 0 Å². The number of carbonyl (C=O) groups is 1. The molecule has 0 atom stereocenters. The summed E-state index contributed by atoms with van der Waals surface area (Å²) in [6, 6.07) is 12.1. The molecule has 0 aromatic heterocycles. The summed E-state index contributed by atoms with van der Waals surface area (Å²) in [7, 11) is 3.39. The Hall–Kier alpha value is -2.40. The standard InChI is InChI=1S/C17H19FN2O2/c1-20(10-12-3-6-14(7-4-12)17(19)21)11-13-5-8-16(22-2)15(18)9-13/h3-9H,10-11H2,1-2H3,(H2,19,21). The molecule has 116 valence electrons. The summed E-state index contributed by atoms with van der Waals surface area (Å²) in [6.45, 7) is 1.30. The summed E-state index contributed by atoms with van der Waals surface area (Å²) in [4.78, 5) is 13.1. The van der Waals surface area contributed by atoms with Gasteiger partial charge in [0.15, 0.2) is 11.6 Å². The van der Waals surface area contributed by atoms with Crippen LogP contribution in [0.3, 0.4) is 0 Å². The molecule has 0 saturated heterocycles. The van der Waals surface area contributed by atoms with Crippen LogP contribution in [0.4, 0.5) is 4.39 Å². The largest absolute Gasteiger partial charge is 0.494 e. The van der Waals surface area contributed by atoms with Crippen molar-refractivity contribution >= 4 is 5.91 Å². The van der Waals surface area contributed by atoms with Crippen molar-refractivity contribution in [2.75, 3.05) is 14.2 Å². The first-order valence-electron chi connectivity index (χ1n) is 6.89. The minimum Gasteiger partial charge on any atom is -0.494 e. The lowest BCUT2D eigenvalue weighted by Gasteiger charge is -2.17. The van der Waals surface area contributed by atoms with Crippen molar-refractivity contribution in [3.05, 3.63) is 65.0 Å². The zero-order valence-electron chi connectivity index (χ0n) is 12.7. The van der Waals surface area contributed by atoms with E-state index in [0.29, 0.717) is 18.7 Å². The van der Waals surface area contributed by atoms with Gasteiger partial charge in [-0.1, -0.05) is 18.2 Å². The Labute approximate surface area is 129 Å². The Morgan fingerprint density at radius 3 is 2.27 bits per heavy atom. The predicted molar refractivity (Wildman–Crippen MR) is 83.1 cm³/mol. The van der Waals surface area contributed by atoms with Crippen molar-refractivity contribution in [1.29, 1.82) is 0 Å². The molecule has 0 fully saturated rings. The quantitative estimate of drug-likeness (QED) is 0.892. The van der Waals surface area contributed by atoms with Crippen LogP contribution < -0.4 is 10.5 Å². The zero-order chi connectivity index (χ0) is 16.1. The van der Waals surface area contributed by atoms with Crippen molar-refractivity contribution in [3.63, 3.8) is 0 Å². The highest BCUT2D eigenvalue weighted by Crippen LogP contribution is 2.19. The summed E-state index contributed by atoms with van der Waals surface area (Å²) in [5.41, 5.74) is 7.63. The number of ether oxygens (including phenoxy) is 1. The lowest BCUT2D eigenvalue weighted by molar-refractivity contribution is 0.100. The number of primary amides is 1. The normalized spacial score (nSPS) is 10.7. The highest BCUT2D eigenvalue weighted by Gasteiger charge is 2.07. The highest BCUT2D eigenvalue weighted by molar-refractivity contribution is 5.92. The SMILES string of the molecule is COc1ccc(CN(C)Cc2ccc(C(N)=O)cc2)cc1F. The molecular formula is C17H19FN2O2. The van der Waals surface area contributed by atoms with E-state index in [1.807, 2.05) is 25.2 Å². The number of hydrogen-bond donors (Lipinski definition) is 1. The monoisotopic (exact) mass is 302 g/mol. The second kappa shape index (κ2) is 7.04. The van der Waals surface area contributed by atoms with Crippen LogP contribution in [0.1, 0.15) is 21.5 Å². The molecule has 0 aliphatic carbocycles. The summed E-state index contributed by atoms with van der Waals surface area (Å²) < 4.78 is 18.6. The van der Waals surface area contributed by atoms with E-state index >= 15 is 0 Å². The van der Waals surface area contributed by atoms with E-state index < -0.39 is 5.91 Å². The van der Waals surface area contributed by atoms with Crippen molar-refractivity contribution in [1.82, 2.24) is 4.90 Å². The van der Waals surface area contributed by atoms with Gasteiger partial charge in [0.1, 0.15) is 0 Å². The Bertz CT molecular complexity index is 656. The summed E-state index contributed by atoms with van der Waals surface area (Å²) in [6.07, 6.45) is 0. The summed E-state index contributed by atoms with van der Waals surface area (Å²) in [5, 5.41) is 0. The van der Waals surface area contributed by atoms with Crippen molar-refractivity contribution < 1.29 is 13.9 Å². The predicted octanol–water partition coefficient (Wildman–Crippen LogP) is 2.57. The molecular weight excluding hydrogens is 283 g/mol. The number of methoxy groups -OCH3 is 1. The Kier molecular flexibility index (Phi) is 5.12. The molecule has 0 aliphatic rings. The number of halogens is 1. The van der Waals surface area contributed by atoms with E-state index in [2.05, 4.69) is 4.90 Å². The van der Waals surface area contributed by atoms with Gasteiger partial charge in [0.25, 0.3) is 0 Å². The van der Waals surface area contributed by atoms with Gasteiger partial charge in [-0.3, -0.25) is 9.69 Å². The number of benzene rings is 2. The third-order valence-corrected chi connectivity index (χ3v) is 3.36. The van der Waals surface area contributed by atoms with Crippen LogP contribution in [0.15, 0.2) is 42.5 Å². The maximum Gasteiger partial charge on any atom is 0.248 e. The smallest absolute Gasteiger partial charge is 0.248 e. The van der Waals surface area contributed by atoms with E-state index in [0.717, 1.165) is 11.1 Å². The van der Waals surface area contributed by atoms with Gasteiger partial charge in [-0.15, -0.1) is 0 Å². The number of rotatable bonds is 6. The van der Waals surface area contributed by atoms with Crippen LogP contribution in [0, 0.1) is 5.82 Å². The molecule has 0 aliphatic heterocycles. The lowest BCUT2D eigenvalue weighted by atomic mass is 10.1. The van der Waals surface area contributed by atoms with Gasteiger partial charge >= 0.3 is 0 Å². The topological polar surface area (TPSA) is 55.6 Å². The molecule has 2 rings (SSSR count). The maximum atomic E-state index is 13.7. The van der Waals surface area contributed by atoms with Crippen LogP contribution in [-0.4, -0.2) is 25.0 Å². The lowest BCUT2D eigenvalue weighted by Crippen LogP contribution is -2.17. The second-order valence-corrected chi connectivity index (χ2v) is 5.20. The van der Waals surface area contributed by atoms with Crippen LogP contribution >= 0.6 is 0 Å². The average Bonchev–Trinajstić information content (AvgIpc) is 2.48. The second-order valence-electron chi connectivity index (χ2n) is 5.20. The minimum atomic E-state index is -0.436. The Balaban J connectivity index is 1.99. The molecule has 2 aromatic rings. The molecule has 2 aromatic carbocycles. The Morgan fingerprint density at radius 1 is 1.14 bits per heavy atom. The molecule has 0 saturated carbocycles. The molecule has 22 heavy (non-hydrogen) atoms. The molecule has 0 spiro atoms. The molecule has 0 heterocycles. The fourth-order valence-corrected chi connectivity index (χ4v) is 2.26. The van der Waals surface area contributed by atoms with Crippen molar-refractivity contribution in [3.8, 4) is 5.75 Å². The van der Waals surface area contributed by atoms with E-state index in [9.17, 15) is 9.18 Å². The average molecular weight is 302 g/mol. The van der Waals surface area contributed by atoms with E-state index in [1.165, 1.54) is 13.2 Å². The Morgan fingerprint density at radius 2 is 1.73 bits per heavy atom. The van der Waals surface area contributed by atoms with Crippen molar-refractivity contribution in [2.45, 2.75) is 13.1 Å². The number of hydrogen-bond acceptors (Lipinski definition) is 3. The molecule has 2 N–H and O–H groups in total. The molecule has 4 nitrogen and oxygen atoms in total. The summed E-state index contributed by atoms with van der Waals surface area (Å²) in [5.74, 6) is -0.554. The summed E-state index contributed by atoms with van der Waals surface area (Å²) >= 11 is 0. The first-order chi connectivity index (χ1) is 10.5. The zero-order valence-corrected chi connectivity index (χ0v) is 12.7. The van der Waals surface area contributed by atoms with Crippen LogP contribution in [0.5, 0.6) is 5.75 Å². The molecule has 1 amide bonds. The van der Waals surface area contributed by atoms with E-state index in [4.69, 9.17) is 10.5 Å². The van der Waals surface area contributed by atoms with E-state index in [-0.39, 0.29) is 11.6 Å². The van der Waals surface area contributed by atoms with Gasteiger partial charge in [0.05, 0.1) is 7.11 Å². The third-order valence-electron chi connectivity index (χ3n) is 3.36. The number of carbonyl (C=O) groups excluding carboxylic acids is 1. The number of nitrogens with zero attached hydrogens (tertiary/aromatic N) is 1. The first kappa shape index (κ1) is 16.0. The van der Waals surface area contributed by atoms with Crippen LogP contribution in [0.2, 0.25) is 0 Å². The van der Waals surface area contributed by atoms with Gasteiger partial charge in [0, 0.05) is 18.7 Å². The van der Waals surface area contributed by atoms with Crippen molar-refractivity contribution in [2.24, 2.45) is 5.73 Å². The highest BCUT2D eigenvalue weighted by atomic mass is 19.1. The maximum absolute atomic E-state index is 13.7. The minimum absolute atomic E-state index is 0.244. The first-order valence-corrected chi connectivity index (χ1v) is 6.89. The van der Waals surface area contributed by atoms with Crippen LogP contribution in [-0.2, 0) is 13.1 Å². The van der Waals surface area contributed by atoms with Gasteiger partial charge in [-0.05, 0) is 42.4 Å². The number of nitrogens with two attached hydrogens (primary N) is 1. The van der Waals surface area contributed by atoms with Gasteiger partial charge in [0.2, 0.25) is 5.91 Å². The fraction of sp³-hybridized carbons (Fsp3) is 0.235. The molecule has 5 heteroatoms. The molecule has 0 unspecified atom stereocenters.